The van der Waals surface area contributed by atoms with Crippen LogP contribution in [0.3, 0.4) is 0 Å². The molecule has 4 nitrogen and oxygen atoms in total. The van der Waals surface area contributed by atoms with Gasteiger partial charge in [0.1, 0.15) is 5.82 Å². The van der Waals surface area contributed by atoms with Crippen LogP contribution in [0.5, 0.6) is 0 Å². The van der Waals surface area contributed by atoms with E-state index in [-0.39, 0.29) is 0 Å². The first-order valence-electron chi connectivity index (χ1n) is 6.82. The Hall–Kier alpha value is -2.36. The molecule has 0 aliphatic heterocycles. The van der Waals surface area contributed by atoms with E-state index in [0.29, 0.717) is 0 Å². The largest absolute Gasteiger partial charge is 0.398 e. The summed E-state index contributed by atoms with van der Waals surface area (Å²) in [5.41, 5.74) is 9.54. The molecule has 0 aromatic carbocycles. The van der Waals surface area contributed by atoms with Crippen molar-refractivity contribution < 1.29 is 0 Å². The molecule has 0 bridgehead atoms. The fraction of sp³-hybridized carbons (Fsp3) is 0.250. The highest BCUT2D eigenvalue weighted by atomic mass is 15.2. The van der Waals surface area contributed by atoms with Gasteiger partial charge < -0.3 is 11.1 Å². The highest BCUT2D eigenvalue weighted by Crippen LogP contribution is 2.23. The first-order chi connectivity index (χ1) is 9.74. The Kier molecular flexibility index (Phi) is 4.71. The van der Waals surface area contributed by atoms with Gasteiger partial charge in [-0.3, -0.25) is 0 Å². The minimum Gasteiger partial charge on any atom is -0.398 e. The molecule has 3 N–H and O–H groups in total. The van der Waals surface area contributed by atoms with Crippen LogP contribution in [0.25, 0.3) is 5.57 Å². The predicted octanol–water partition coefficient (Wildman–Crippen LogP) is 3.04. The average molecular weight is 268 g/mol. The van der Waals surface area contributed by atoms with E-state index in [9.17, 15) is 0 Å². The van der Waals surface area contributed by atoms with Gasteiger partial charge in [-0.15, -0.1) is 10.2 Å². The molecule has 1 heterocycles. The molecule has 0 radical (unpaired) electrons. The van der Waals surface area contributed by atoms with Crippen molar-refractivity contribution in [3.8, 4) is 0 Å². The summed E-state index contributed by atoms with van der Waals surface area (Å²) in [5, 5.41) is 11.7. The van der Waals surface area contributed by atoms with E-state index in [2.05, 4.69) is 29.0 Å². The minimum atomic E-state index is 0.726. The lowest BCUT2D eigenvalue weighted by Gasteiger charge is -2.06. The molecule has 1 aromatic heterocycles. The smallest absolute Gasteiger partial charge is 0.148 e. The molecule has 2 rings (SSSR count). The summed E-state index contributed by atoms with van der Waals surface area (Å²) in [6, 6.07) is 3.93. The third-order valence-corrected chi connectivity index (χ3v) is 3.07. The first-order valence-corrected chi connectivity index (χ1v) is 6.82. The molecule has 0 saturated carbocycles. The Balaban J connectivity index is 2.23. The van der Waals surface area contributed by atoms with Gasteiger partial charge in [0.25, 0.3) is 0 Å². The molecule has 0 unspecified atom stereocenters. The molecule has 20 heavy (non-hydrogen) atoms. The topological polar surface area (TPSA) is 63.8 Å². The van der Waals surface area contributed by atoms with Crippen LogP contribution >= 0.6 is 0 Å². The maximum absolute atomic E-state index is 5.94. The summed E-state index contributed by atoms with van der Waals surface area (Å²) in [5.74, 6) is 0.805. The number of nitrogens with two attached hydrogens (primary N) is 1. The molecule has 0 amide bonds. The number of rotatable bonds is 5. The summed E-state index contributed by atoms with van der Waals surface area (Å²) < 4.78 is 0. The summed E-state index contributed by atoms with van der Waals surface area (Å²) in [6.07, 6.45) is 9.56. The van der Waals surface area contributed by atoms with Crippen LogP contribution in [0, 0.1) is 0 Å². The van der Waals surface area contributed by atoms with Crippen molar-refractivity contribution in [2.24, 2.45) is 5.73 Å². The third kappa shape index (κ3) is 3.35. The molecular formula is C16H20N4. The van der Waals surface area contributed by atoms with Crippen molar-refractivity contribution in [2.75, 3.05) is 11.9 Å². The molecule has 4 heteroatoms. The zero-order chi connectivity index (χ0) is 14.4. The lowest BCUT2D eigenvalue weighted by molar-refractivity contribution is 0.937. The minimum absolute atomic E-state index is 0.726. The van der Waals surface area contributed by atoms with E-state index in [0.717, 1.165) is 47.7 Å². The highest BCUT2D eigenvalue weighted by molar-refractivity contribution is 5.69. The van der Waals surface area contributed by atoms with Crippen molar-refractivity contribution in [1.29, 1.82) is 0 Å². The second-order valence-corrected chi connectivity index (χ2v) is 4.62. The van der Waals surface area contributed by atoms with Gasteiger partial charge in [0, 0.05) is 12.2 Å². The maximum atomic E-state index is 5.94. The van der Waals surface area contributed by atoms with E-state index >= 15 is 0 Å². The lowest BCUT2D eigenvalue weighted by atomic mass is 10.1. The molecule has 0 saturated heterocycles. The number of hydrogen-bond donors (Lipinski definition) is 2. The van der Waals surface area contributed by atoms with Crippen molar-refractivity contribution in [1.82, 2.24) is 10.2 Å². The molecule has 0 atom stereocenters. The van der Waals surface area contributed by atoms with Gasteiger partial charge in [0.05, 0.1) is 5.69 Å². The van der Waals surface area contributed by atoms with E-state index < -0.39 is 0 Å². The Labute approximate surface area is 119 Å². The molecular weight excluding hydrogens is 248 g/mol. The second kappa shape index (κ2) is 6.70. The van der Waals surface area contributed by atoms with Crippen LogP contribution < -0.4 is 11.1 Å². The Morgan fingerprint density at radius 2 is 2.25 bits per heavy atom. The van der Waals surface area contributed by atoms with E-state index in [1.54, 1.807) is 6.08 Å². The Bertz CT molecular complexity index is 565. The monoisotopic (exact) mass is 268 g/mol. The average Bonchev–Trinajstić information content (AvgIpc) is 2.67. The number of hydrogen-bond acceptors (Lipinski definition) is 4. The number of aromatic nitrogens is 2. The van der Waals surface area contributed by atoms with E-state index in [1.807, 2.05) is 30.4 Å². The van der Waals surface area contributed by atoms with E-state index in [1.165, 1.54) is 0 Å². The number of anilines is 1. The standard InChI is InChI=1S/C16H20N4/c1-3-10-18-16-9-8-15(19-20-16)13-6-5-7-14(17)12(4-2)11-13/h4-5,7-9,11H,2-3,6,10,17H2,1H3,(H,18,20). The van der Waals surface area contributed by atoms with Crippen LogP contribution in [0.1, 0.15) is 25.5 Å². The zero-order valence-corrected chi connectivity index (χ0v) is 11.8. The van der Waals surface area contributed by atoms with Gasteiger partial charge in [-0.1, -0.05) is 25.7 Å². The van der Waals surface area contributed by atoms with Crippen LogP contribution in [0.2, 0.25) is 0 Å². The van der Waals surface area contributed by atoms with Crippen LogP contribution in [-0.2, 0) is 0 Å². The zero-order valence-electron chi connectivity index (χ0n) is 11.8. The van der Waals surface area contributed by atoms with Crippen molar-refractivity contribution in [3.05, 3.63) is 60.0 Å². The number of nitrogens with one attached hydrogen (secondary N) is 1. The van der Waals surface area contributed by atoms with Crippen LogP contribution in [-0.4, -0.2) is 16.7 Å². The van der Waals surface area contributed by atoms with Crippen molar-refractivity contribution in [3.63, 3.8) is 0 Å². The van der Waals surface area contributed by atoms with Gasteiger partial charge in [-0.2, -0.15) is 0 Å². The Morgan fingerprint density at radius 1 is 1.40 bits per heavy atom. The van der Waals surface area contributed by atoms with Crippen molar-refractivity contribution >= 4 is 11.4 Å². The fourth-order valence-corrected chi connectivity index (χ4v) is 1.95. The van der Waals surface area contributed by atoms with Crippen molar-refractivity contribution in [2.45, 2.75) is 19.8 Å². The summed E-state index contributed by atoms with van der Waals surface area (Å²) >= 11 is 0. The molecule has 0 fully saturated rings. The normalized spacial score (nSPS) is 14.8. The van der Waals surface area contributed by atoms with E-state index in [4.69, 9.17) is 5.73 Å². The quantitative estimate of drug-likeness (QED) is 0.861. The lowest BCUT2D eigenvalue weighted by Crippen LogP contribution is -2.03. The van der Waals surface area contributed by atoms with Gasteiger partial charge in [-0.25, -0.2) is 0 Å². The highest BCUT2D eigenvalue weighted by Gasteiger charge is 2.07. The molecule has 1 aromatic rings. The third-order valence-electron chi connectivity index (χ3n) is 3.07. The van der Waals surface area contributed by atoms with Gasteiger partial charge in [-0.05, 0) is 48.3 Å². The number of nitrogens with zero attached hydrogens (tertiary/aromatic N) is 2. The van der Waals surface area contributed by atoms with Crippen LogP contribution in [0.4, 0.5) is 5.82 Å². The summed E-state index contributed by atoms with van der Waals surface area (Å²) in [4.78, 5) is 0. The maximum Gasteiger partial charge on any atom is 0.148 e. The first kappa shape index (κ1) is 14.1. The number of allylic oxidation sites excluding steroid dienone is 6. The van der Waals surface area contributed by atoms with Crippen LogP contribution in [0.15, 0.2) is 54.3 Å². The Morgan fingerprint density at radius 3 is 2.90 bits per heavy atom. The molecule has 1 aliphatic rings. The summed E-state index contributed by atoms with van der Waals surface area (Å²) in [7, 11) is 0. The molecule has 1 aliphatic carbocycles. The summed E-state index contributed by atoms with van der Waals surface area (Å²) in [6.45, 7) is 6.81. The second-order valence-electron chi connectivity index (χ2n) is 4.62. The van der Waals surface area contributed by atoms with Gasteiger partial charge in [0.2, 0.25) is 0 Å². The predicted molar refractivity (Wildman–Crippen MR) is 84.0 cm³/mol. The van der Waals surface area contributed by atoms with Gasteiger partial charge in [0.15, 0.2) is 0 Å². The fourth-order valence-electron chi connectivity index (χ4n) is 1.95. The van der Waals surface area contributed by atoms with Gasteiger partial charge >= 0.3 is 0 Å². The SMILES string of the molecule is C=CC1=C(N)C=CCC(c2ccc(NCCC)nn2)=C1. The molecule has 104 valence electrons. The molecule has 0 spiro atoms.